The van der Waals surface area contributed by atoms with Gasteiger partial charge in [-0.3, -0.25) is 0 Å². The van der Waals surface area contributed by atoms with Crippen LogP contribution in [0.4, 0.5) is 0 Å². The molecule has 7 rings (SSSR count). The Labute approximate surface area is 220 Å². The normalized spacial score (nSPS) is 11.6. The smallest absolute Gasteiger partial charge is 0.170 e. The monoisotopic (exact) mass is 491 g/mol. The van der Waals surface area contributed by atoms with Gasteiger partial charge in [-0.2, -0.15) is 0 Å². The largest absolute Gasteiger partial charge is 0.449 e. The molecule has 0 unspecified atom stereocenters. The summed E-state index contributed by atoms with van der Waals surface area (Å²) in [7, 11) is 0. The Hall–Kier alpha value is -5.29. The predicted molar refractivity (Wildman–Crippen MR) is 148 cm³/mol. The molecule has 0 radical (unpaired) electrons. The van der Waals surface area contributed by atoms with E-state index in [9.17, 15) is 0 Å². The second-order valence-corrected chi connectivity index (χ2v) is 8.93. The van der Waals surface area contributed by atoms with Crippen LogP contribution in [-0.2, 0) is 0 Å². The van der Waals surface area contributed by atoms with Gasteiger partial charge >= 0.3 is 0 Å². The average molecular weight is 492 g/mol. The van der Waals surface area contributed by atoms with Crippen molar-refractivity contribution in [2.24, 2.45) is 0 Å². The second-order valence-electron chi connectivity index (χ2n) is 8.93. The third-order valence-electron chi connectivity index (χ3n) is 6.39. The lowest BCUT2D eigenvalue weighted by Crippen LogP contribution is -2.02. The van der Waals surface area contributed by atoms with Crippen LogP contribution in [-0.4, -0.2) is 15.0 Å². The summed E-state index contributed by atoms with van der Waals surface area (Å²) in [6.07, 6.45) is 0. The zero-order valence-corrected chi connectivity index (χ0v) is 20.3. The van der Waals surface area contributed by atoms with Crippen LogP contribution in [0.3, 0.4) is 0 Å². The zero-order valence-electron chi connectivity index (χ0n) is 20.3. The first kappa shape index (κ1) is 21.9. The number of aromatic nitrogens is 3. The van der Waals surface area contributed by atoms with Crippen molar-refractivity contribution in [3.8, 4) is 68.3 Å². The molecule has 0 fully saturated rings. The van der Waals surface area contributed by atoms with Gasteiger partial charge in [0.05, 0.1) is 0 Å². The third kappa shape index (κ3) is 4.16. The molecule has 0 atom stereocenters. The molecule has 2 heterocycles. The molecule has 6 aromatic rings. The minimum absolute atomic E-state index is 0.564. The predicted octanol–water partition coefficient (Wildman–Crippen LogP) is 8.44. The molecule has 1 aliphatic rings. The topological polar surface area (TPSA) is 57.1 Å². The van der Waals surface area contributed by atoms with Crippen molar-refractivity contribution in [2.75, 3.05) is 0 Å². The molecule has 1 aromatic heterocycles. The van der Waals surface area contributed by atoms with Crippen molar-refractivity contribution in [3.63, 3.8) is 0 Å². The SMILES string of the molecule is c1ccc(-c2ccc3c(c2)Oc2ccc(-c4nc(-c5ccccc5)nc(-c5ccccc5)n4)cc2O3)cc1. The summed E-state index contributed by atoms with van der Waals surface area (Å²) >= 11 is 0. The second kappa shape index (κ2) is 9.30. The summed E-state index contributed by atoms with van der Waals surface area (Å²) in [5.41, 5.74) is 4.86. The Balaban J connectivity index is 1.27. The first-order chi connectivity index (χ1) is 18.8. The van der Waals surface area contributed by atoms with Crippen LogP contribution >= 0.6 is 0 Å². The Morgan fingerprint density at radius 1 is 0.316 bits per heavy atom. The van der Waals surface area contributed by atoms with Crippen LogP contribution < -0.4 is 9.47 Å². The Kier molecular flexibility index (Phi) is 5.37. The van der Waals surface area contributed by atoms with Crippen molar-refractivity contribution in [3.05, 3.63) is 127 Å². The lowest BCUT2D eigenvalue weighted by Gasteiger charge is -2.21. The summed E-state index contributed by atoms with van der Waals surface area (Å²) in [4.78, 5) is 14.4. The number of ether oxygens (including phenoxy) is 2. The summed E-state index contributed by atoms with van der Waals surface area (Å²) in [5.74, 6) is 4.41. The van der Waals surface area contributed by atoms with Crippen LogP contribution in [0.5, 0.6) is 23.0 Å². The molecule has 0 bridgehead atoms. The molecule has 1 aliphatic heterocycles. The molecule has 0 saturated heterocycles. The minimum Gasteiger partial charge on any atom is -0.449 e. The Morgan fingerprint density at radius 3 is 1.21 bits per heavy atom. The van der Waals surface area contributed by atoms with E-state index in [1.807, 2.05) is 115 Å². The molecule has 0 spiro atoms. The molecule has 5 aromatic carbocycles. The van der Waals surface area contributed by atoms with Crippen molar-refractivity contribution < 1.29 is 9.47 Å². The average Bonchev–Trinajstić information content (AvgIpc) is 3.00. The van der Waals surface area contributed by atoms with E-state index in [2.05, 4.69) is 12.1 Å². The molecule has 38 heavy (non-hydrogen) atoms. The van der Waals surface area contributed by atoms with E-state index in [0.717, 1.165) is 27.8 Å². The molecule has 0 amide bonds. The van der Waals surface area contributed by atoms with Crippen LogP contribution in [0.2, 0.25) is 0 Å². The lowest BCUT2D eigenvalue weighted by molar-refractivity contribution is 0.360. The first-order valence-electron chi connectivity index (χ1n) is 12.4. The Morgan fingerprint density at radius 2 is 0.711 bits per heavy atom. The third-order valence-corrected chi connectivity index (χ3v) is 6.39. The van der Waals surface area contributed by atoms with E-state index in [4.69, 9.17) is 24.4 Å². The van der Waals surface area contributed by atoms with Crippen molar-refractivity contribution in [1.82, 2.24) is 15.0 Å². The van der Waals surface area contributed by atoms with E-state index in [0.29, 0.717) is 40.5 Å². The molecule has 180 valence electrons. The molecule has 0 N–H and O–H groups in total. The fraction of sp³-hybridized carbons (Fsp3) is 0. The van der Waals surface area contributed by atoms with Gasteiger partial charge in [-0.05, 0) is 41.5 Å². The van der Waals surface area contributed by atoms with Gasteiger partial charge in [-0.15, -0.1) is 0 Å². The summed E-state index contributed by atoms with van der Waals surface area (Å²) in [6, 6.07) is 41.8. The number of benzene rings is 5. The lowest BCUT2D eigenvalue weighted by atomic mass is 10.0. The van der Waals surface area contributed by atoms with Crippen LogP contribution in [0.25, 0.3) is 45.3 Å². The van der Waals surface area contributed by atoms with Gasteiger partial charge in [-0.25, -0.2) is 15.0 Å². The summed E-state index contributed by atoms with van der Waals surface area (Å²) in [6.45, 7) is 0. The van der Waals surface area contributed by atoms with Crippen LogP contribution in [0.15, 0.2) is 127 Å². The van der Waals surface area contributed by atoms with Crippen molar-refractivity contribution in [2.45, 2.75) is 0 Å². The highest BCUT2D eigenvalue weighted by molar-refractivity contribution is 5.71. The van der Waals surface area contributed by atoms with E-state index >= 15 is 0 Å². The highest BCUT2D eigenvalue weighted by atomic mass is 16.6. The van der Waals surface area contributed by atoms with E-state index in [1.165, 1.54) is 0 Å². The van der Waals surface area contributed by atoms with Gasteiger partial charge in [0.2, 0.25) is 0 Å². The maximum absolute atomic E-state index is 6.26. The highest BCUT2D eigenvalue weighted by Gasteiger charge is 2.21. The standard InChI is InChI=1S/C33H21N3O2/c1-4-10-22(11-5-1)25-16-18-27-29(20-25)37-28-19-17-26(21-30(28)38-27)33-35-31(23-12-6-2-7-13-23)34-32(36-33)24-14-8-3-9-15-24/h1-21H. The maximum atomic E-state index is 6.26. The van der Waals surface area contributed by atoms with Crippen LogP contribution in [0.1, 0.15) is 0 Å². The zero-order chi connectivity index (χ0) is 25.3. The molecular weight excluding hydrogens is 470 g/mol. The number of hydrogen-bond donors (Lipinski definition) is 0. The van der Waals surface area contributed by atoms with Gasteiger partial charge in [0.15, 0.2) is 40.5 Å². The van der Waals surface area contributed by atoms with E-state index in [1.54, 1.807) is 0 Å². The van der Waals surface area contributed by atoms with Crippen molar-refractivity contribution >= 4 is 0 Å². The molecule has 5 heteroatoms. The van der Waals surface area contributed by atoms with Gasteiger partial charge in [0.1, 0.15) is 0 Å². The number of rotatable bonds is 4. The quantitative estimate of drug-likeness (QED) is 0.247. The van der Waals surface area contributed by atoms with Gasteiger partial charge < -0.3 is 9.47 Å². The maximum Gasteiger partial charge on any atom is 0.170 e. The number of nitrogens with zero attached hydrogens (tertiary/aromatic N) is 3. The number of fused-ring (bicyclic) bond motifs is 2. The molecule has 0 aliphatic carbocycles. The summed E-state index contributed by atoms with van der Waals surface area (Å²) < 4.78 is 12.5. The van der Waals surface area contributed by atoms with Crippen molar-refractivity contribution in [1.29, 1.82) is 0 Å². The first-order valence-corrected chi connectivity index (χ1v) is 12.4. The summed E-state index contributed by atoms with van der Waals surface area (Å²) in [5, 5.41) is 0. The fourth-order valence-corrected chi connectivity index (χ4v) is 4.47. The molecular formula is C33H21N3O2. The van der Waals surface area contributed by atoms with E-state index in [-0.39, 0.29) is 0 Å². The van der Waals surface area contributed by atoms with Gasteiger partial charge in [0.25, 0.3) is 0 Å². The van der Waals surface area contributed by atoms with Crippen LogP contribution in [0, 0.1) is 0 Å². The minimum atomic E-state index is 0.564. The molecule has 0 saturated carbocycles. The molecule has 5 nitrogen and oxygen atoms in total. The fourth-order valence-electron chi connectivity index (χ4n) is 4.47. The Bertz CT molecular complexity index is 1700. The highest BCUT2D eigenvalue weighted by Crippen LogP contribution is 2.47. The van der Waals surface area contributed by atoms with Gasteiger partial charge in [-0.1, -0.05) is 97.1 Å². The van der Waals surface area contributed by atoms with E-state index < -0.39 is 0 Å². The number of hydrogen-bond acceptors (Lipinski definition) is 5. The van der Waals surface area contributed by atoms with Gasteiger partial charge in [0, 0.05) is 16.7 Å².